The summed E-state index contributed by atoms with van der Waals surface area (Å²) in [5.41, 5.74) is 0.289. The van der Waals surface area contributed by atoms with E-state index in [0.717, 1.165) is 24.7 Å². The Morgan fingerprint density at radius 2 is 1.85 bits per heavy atom. The summed E-state index contributed by atoms with van der Waals surface area (Å²) in [6, 6.07) is 0. The van der Waals surface area contributed by atoms with Crippen molar-refractivity contribution in [3.63, 3.8) is 0 Å². The van der Waals surface area contributed by atoms with Gasteiger partial charge in [0.05, 0.1) is 6.10 Å². The maximum Gasteiger partial charge on any atom is 0.136 e. The van der Waals surface area contributed by atoms with E-state index in [2.05, 4.69) is 26.5 Å². The van der Waals surface area contributed by atoms with Gasteiger partial charge in [0, 0.05) is 12.5 Å². The monoisotopic (exact) mass is 358 g/mol. The predicted molar refractivity (Wildman–Crippen MR) is 106 cm³/mol. The quantitative estimate of drug-likeness (QED) is 0.608. The molecule has 4 fully saturated rings. The molecule has 0 bridgehead atoms. The summed E-state index contributed by atoms with van der Waals surface area (Å²) < 4.78 is 6.11. The topological polar surface area (TPSA) is 26.3 Å². The van der Waals surface area contributed by atoms with Crippen LogP contribution in [0.4, 0.5) is 0 Å². The first-order valence-corrected chi connectivity index (χ1v) is 11.0. The maximum absolute atomic E-state index is 12.9. The van der Waals surface area contributed by atoms with Crippen molar-refractivity contribution < 1.29 is 9.53 Å². The molecule has 146 valence electrons. The van der Waals surface area contributed by atoms with Gasteiger partial charge in [0.15, 0.2) is 0 Å². The van der Waals surface area contributed by atoms with E-state index in [1.54, 1.807) is 0 Å². The maximum atomic E-state index is 12.9. The minimum atomic E-state index is -0.119. The van der Waals surface area contributed by atoms with E-state index in [1.165, 1.54) is 38.5 Å². The Balaban J connectivity index is 1.72. The third kappa shape index (κ3) is 2.36. The van der Waals surface area contributed by atoms with Gasteiger partial charge in [0.1, 0.15) is 5.78 Å². The van der Waals surface area contributed by atoms with Crippen molar-refractivity contribution in [1.29, 1.82) is 0 Å². The second-order valence-electron chi connectivity index (χ2n) is 10.4. The van der Waals surface area contributed by atoms with Gasteiger partial charge in [-0.3, -0.25) is 4.79 Å². The van der Waals surface area contributed by atoms with Crippen molar-refractivity contribution in [2.45, 2.75) is 78.2 Å². The van der Waals surface area contributed by atoms with Crippen molar-refractivity contribution >= 4 is 5.78 Å². The number of carbonyl (C=O) groups is 1. The van der Waals surface area contributed by atoms with Crippen LogP contribution in [-0.4, -0.2) is 19.0 Å². The lowest BCUT2D eigenvalue weighted by molar-refractivity contribution is -0.176. The van der Waals surface area contributed by atoms with Crippen molar-refractivity contribution in [1.82, 2.24) is 0 Å². The van der Waals surface area contributed by atoms with Crippen LogP contribution >= 0.6 is 0 Å². The van der Waals surface area contributed by atoms with E-state index >= 15 is 0 Å². The van der Waals surface area contributed by atoms with Gasteiger partial charge in [-0.25, -0.2) is 0 Å². The SMILES string of the molecule is C=C[C@H]1CC[C@H]2[C@@H]3C[C@@H](OC)[C@H]4C[C@H](C)CC[C@]4(C)[C@H]3CC[C@]12C(C)=O. The number of hydrogen-bond acceptors (Lipinski definition) is 2. The fourth-order valence-corrected chi connectivity index (χ4v) is 8.47. The Morgan fingerprint density at radius 1 is 1.08 bits per heavy atom. The summed E-state index contributed by atoms with van der Waals surface area (Å²) in [6.45, 7) is 11.0. The first-order valence-electron chi connectivity index (χ1n) is 11.0. The zero-order valence-corrected chi connectivity index (χ0v) is 17.3. The molecule has 0 unspecified atom stereocenters. The molecule has 0 aromatic heterocycles. The van der Waals surface area contributed by atoms with Crippen LogP contribution in [0.2, 0.25) is 0 Å². The van der Waals surface area contributed by atoms with Crippen molar-refractivity contribution in [3.8, 4) is 0 Å². The van der Waals surface area contributed by atoms with Gasteiger partial charge < -0.3 is 4.74 Å². The minimum Gasteiger partial charge on any atom is -0.381 e. The first-order chi connectivity index (χ1) is 12.4. The summed E-state index contributed by atoms with van der Waals surface area (Å²) in [6.07, 6.45) is 12.4. The number of Topliss-reactive ketones (excluding diaryl/α,β-unsaturated/α-hetero) is 1. The summed E-state index contributed by atoms with van der Waals surface area (Å²) in [5, 5.41) is 0. The van der Waals surface area contributed by atoms with Gasteiger partial charge in [0.25, 0.3) is 0 Å². The molecule has 26 heavy (non-hydrogen) atoms. The molecular weight excluding hydrogens is 320 g/mol. The third-order valence-corrected chi connectivity index (χ3v) is 9.74. The van der Waals surface area contributed by atoms with Crippen LogP contribution in [0.5, 0.6) is 0 Å². The van der Waals surface area contributed by atoms with E-state index in [9.17, 15) is 4.79 Å². The molecule has 0 heterocycles. The lowest BCUT2D eigenvalue weighted by atomic mass is 9.43. The number of methoxy groups -OCH3 is 1. The van der Waals surface area contributed by atoms with Gasteiger partial charge in [0.2, 0.25) is 0 Å². The molecule has 4 aliphatic carbocycles. The molecule has 0 aromatic carbocycles. The fraction of sp³-hybridized carbons (Fsp3) is 0.875. The molecule has 2 heteroatoms. The highest BCUT2D eigenvalue weighted by Crippen LogP contribution is 2.68. The number of rotatable bonds is 3. The molecule has 0 spiro atoms. The summed E-state index contributed by atoms with van der Waals surface area (Å²) in [7, 11) is 1.92. The average molecular weight is 359 g/mol. The van der Waals surface area contributed by atoms with Crippen LogP contribution in [0, 0.1) is 46.3 Å². The molecule has 9 atom stereocenters. The number of fused-ring (bicyclic) bond motifs is 5. The number of ketones is 1. The van der Waals surface area contributed by atoms with Gasteiger partial charge in [-0.2, -0.15) is 0 Å². The average Bonchev–Trinajstić information content (AvgIpc) is 3.02. The molecule has 0 radical (unpaired) electrons. The van der Waals surface area contributed by atoms with Crippen LogP contribution < -0.4 is 0 Å². The molecule has 4 rings (SSSR count). The largest absolute Gasteiger partial charge is 0.381 e. The highest BCUT2D eigenvalue weighted by molar-refractivity contribution is 5.84. The normalized spacial score (nSPS) is 53.3. The third-order valence-electron chi connectivity index (χ3n) is 9.74. The van der Waals surface area contributed by atoms with E-state index in [0.29, 0.717) is 41.0 Å². The smallest absolute Gasteiger partial charge is 0.136 e. The molecular formula is C24H38O2. The number of carbonyl (C=O) groups excluding carboxylic acids is 1. The zero-order chi connectivity index (χ0) is 18.7. The van der Waals surface area contributed by atoms with E-state index in [1.807, 2.05) is 14.0 Å². The van der Waals surface area contributed by atoms with Crippen LogP contribution in [0.1, 0.15) is 72.1 Å². The molecule has 0 aliphatic heterocycles. The second kappa shape index (κ2) is 6.47. The fourth-order valence-electron chi connectivity index (χ4n) is 8.47. The Morgan fingerprint density at radius 3 is 2.50 bits per heavy atom. The zero-order valence-electron chi connectivity index (χ0n) is 17.3. The molecule has 4 saturated carbocycles. The Kier molecular flexibility index (Phi) is 4.66. The van der Waals surface area contributed by atoms with Crippen molar-refractivity contribution in [3.05, 3.63) is 12.7 Å². The van der Waals surface area contributed by atoms with Gasteiger partial charge in [-0.1, -0.05) is 26.3 Å². The van der Waals surface area contributed by atoms with E-state index < -0.39 is 0 Å². The predicted octanol–water partition coefficient (Wildman–Crippen LogP) is 5.66. The Bertz CT molecular complexity index is 583. The van der Waals surface area contributed by atoms with Crippen LogP contribution in [-0.2, 0) is 9.53 Å². The lowest BCUT2D eigenvalue weighted by Crippen LogP contribution is -2.59. The lowest BCUT2D eigenvalue weighted by Gasteiger charge is -2.62. The number of ether oxygens (including phenoxy) is 1. The van der Waals surface area contributed by atoms with E-state index in [-0.39, 0.29) is 5.41 Å². The van der Waals surface area contributed by atoms with Crippen LogP contribution in [0.25, 0.3) is 0 Å². The second-order valence-corrected chi connectivity index (χ2v) is 10.4. The Hall–Kier alpha value is -0.630. The molecule has 0 amide bonds. The summed E-state index contributed by atoms with van der Waals surface area (Å²) >= 11 is 0. The molecule has 0 N–H and O–H groups in total. The number of allylic oxidation sites excluding steroid dienone is 1. The van der Waals surface area contributed by atoms with Gasteiger partial charge in [-0.15, -0.1) is 6.58 Å². The Labute approximate surface area is 160 Å². The minimum absolute atomic E-state index is 0.119. The van der Waals surface area contributed by atoms with Crippen LogP contribution in [0.15, 0.2) is 12.7 Å². The molecule has 2 nitrogen and oxygen atoms in total. The first kappa shape index (κ1) is 18.7. The highest BCUT2D eigenvalue weighted by atomic mass is 16.5. The van der Waals surface area contributed by atoms with Crippen molar-refractivity contribution in [2.75, 3.05) is 7.11 Å². The summed E-state index contributed by atoms with van der Waals surface area (Å²) in [5.74, 6) is 4.37. The summed E-state index contributed by atoms with van der Waals surface area (Å²) in [4.78, 5) is 12.9. The highest BCUT2D eigenvalue weighted by Gasteiger charge is 2.64. The van der Waals surface area contributed by atoms with Gasteiger partial charge in [-0.05, 0) is 92.8 Å². The van der Waals surface area contributed by atoms with Crippen molar-refractivity contribution in [2.24, 2.45) is 46.3 Å². The molecule has 4 aliphatic rings. The van der Waals surface area contributed by atoms with Gasteiger partial charge >= 0.3 is 0 Å². The standard InChI is InChI=1S/C24H38O2/c1-6-17-7-8-20-18-14-22(26-5)21-13-15(2)9-11-23(21,4)19(18)10-12-24(17,20)16(3)25/h6,15,17-22H,1,7-14H2,2-5H3/t15-,17+,18-,19+,20+,21-,22-,23-,24+/m1/s1. The number of hydrogen-bond donors (Lipinski definition) is 0. The van der Waals surface area contributed by atoms with Crippen LogP contribution in [0.3, 0.4) is 0 Å². The molecule has 0 aromatic rings. The molecule has 0 saturated heterocycles. The van der Waals surface area contributed by atoms with E-state index in [4.69, 9.17) is 4.74 Å².